The van der Waals surface area contributed by atoms with Gasteiger partial charge in [-0.1, -0.05) is 24.4 Å². The molecular formula is C6H7ClOS. The zero-order valence-corrected chi connectivity index (χ0v) is 6.63. The number of rotatable bonds is 3. The highest BCUT2D eigenvalue weighted by molar-refractivity contribution is 8.06. The largest absolute Gasteiger partial charge is 0.275 e. The lowest BCUT2D eigenvalue weighted by atomic mass is 10.7. The molecule has 0 saturated carbocycles. The van der Waals surface area contributed by atoms with Crippen molar-refractivity contribution in [3.63, 3.8) is 0 Å². The van der Waals surface area contributed by atoms with Crippen LogP contribution >= 0.6 is 23.4 Å². The van der Waals surface area contributed by atoms with Crippen molar-refractivity contribution in [3.8, 4) is 0 Å². The second-order valence-electron chi connectivity index (χ2n) is 1.28. The predicted octanol–water partition coefficient (Wildman–Crippen LogP) is 2.53. The van der Waals surface area contributed by atoms with Gasteiger partial charge in [0.15, 0.2) is 0 Å². The molecule has 0 amide bonds. The Morgan fingerprint density at radius 1 is 1.78 bits per heavy atom. The van der Waals surface area contributed by atoms with E-state index in [0.29, 0.717) is 4.91 Å². The summed E-state index contributed by atoms with van der Waals surface area (Å²) < 4.78 is 0. The van der Waals surface area contributed by atoms with Crippen molar-refractivity contribution in [1.82, 2.24) is 0 Å². The van der Waals surface area contributed by atoms with E-state index in [9.17, 15) is 4.79 Å². The van der Waals surface area contributed by atoms with Crippen molar-refractivity contribution >= 4 is 28.6 Å². The van der Waals surface area contributed by atoms with E-state index in [2.05, 4.69) is 6.58 Å². The highest BCUT2D eigenvalue weighted by Crippen LogP contribution is 2.16. The normalized spacial score (nSPS) is 10.0. The summed E-state index contributed by atoms with van der Waals surface area (Å²) in [6.07, 6.45) is 1.82. The van der Waals surface area contributed by atoms with E-state index >= 15 is 0 Å². The summed E-state index contributed by atoms with van der Waals surface area (Å²) in [6.45, 7) is 5.28. The van der Waals surface area contributed by atoms with Crippen LogP contribution in [0.5, 0.6) is 0 Å². The molecule has 0 aliphatic carbocycles. The van der Waals surface area contributed by atoms with Crippen LogP contribution in [0.15, 0.2) is 23.0 Å². The maximum Gasteiger partial charge on any atom is 0.258 e. The zero-order valence-electron chi connectivity index (χ0n) is 5.06. The summed E-state index contributed by atoms with van der Waals surface area (Å²) in [7, 11) is 0. The Labute approximate surface area is 63.8 Å². The topological polar surface area (TPSA) is 17.1 Å². The molecular weight excluding hydrogens is 156 g/mol. The first kappa shape index (κ1) is 8.79. The Kier molecular flexibility index (Phi) is 4.54. The number of carbonyl (C=O) groups is 1. The highest BCUT2D eigenvalue weighted by Gasteiger charge is 1.98. The second kappa shape index (κ2) is 4.65. The summed E-state index contributed by atoms with van der Waals surface area (Å²) in [5, 5.41) is 1.26. The summed E-state index contributed by atoms with van der Waals surface area (Å²) in [4.78, 5) is 10.6. The SMILES string of the molecule is C=C(S/C=C\C)C(=O)Cl. The number of allylic oxidation sites excluding steroid dienone is 2. The first-order valence-electron chi connectivity index (χ1n) is 2.35. The lowest BCUT2D eigenvalue weighted by molar-refractivity contribution is -0.107. The Balaban J connectivity index is 3.65. The van der Waals surface area contributed by atoms with Gasteiger partial charge in [0, 0.05) is 0 Å². The lowest BCUT2D eigenvalue weighted by Gasteiger charge is -1.89. The third kappa shape index (κ3) is 4.30. The molecule has 0 aliphatic rings. The van der Waals surface area contributed by atoms with Crippen LogP contribution in [0.1, 0.15) is 6.92 Å². The van der Waals surface area contributed by atoms with Crippen LogP contribution in [0.3, 0.4) is 0 Å². The molecule has 3 heteroatoms. The average Bonchev–Trinajstić information content (AvgIpc) is 1.82. The average molecular weight is 163 g/mol. The predicted molar refractivity (Wildman–Crippen MR) is 42.4 cm³/mol. The Morgan fingerprint density at radius 3 is 2.67 bits per heavy atom. The van der Waals surface area contributed by atoms with Crippen molar-refractivity contribution in [3.05, 3.63) is 23.0 Å². The van der Waals surface area contributed by atoms with Gasteiger partial charge in [-0.3, -0.25) is 4.79 Å². The molecule has 0 N–H and O–H groups in total. The van der Waals surface area contributed by atoms with Gasteiger partial charge < -0.3 is 0 Å². The lowest BCUT2D eigenvalue weighted by Crippen LogP contribution is -1.82. The molecule has 0 atom stereocenters. The van der Waals surface area contributed by atoms with Gasteiger partial charge in [-0.05, 0) is 23.9 Å². The highest BCUT2D eigenvalue weighted by atomic mass is 35.5. The fraction of sp³-hybridized carbons (Fsp3) is 0.167. The van der Waals surface area contributed by atoms with Crippen LogP contribution in [0.2, 0.25) is 0 Å². The molecule has 0 saturated heterocycles. The third-order valence-electron chi connectivity index (χ3n) is 0.566. The fourth-order valence-corrected chi connectivity index (χ4v) is 0.723. The summed E-state index contributed by atoms with van der Waals surface area (Å²) in [5.41, 5.74) is 0. The molecule has 0 aromatic rings. The first-order valence-corrected chi connectivity index (χ1v) is 3.60. The molecule has 0 radical (unpaired) electrons. The molecule has 0 aromatic carbocycles. The molecule has 9 heavy (non-hydrogen) atoms. The van der Waals surface area contributed by atoms with Gasteiger partial charge in [-0.25, -0.2) is 0 Å². The van der Waals surface area contributed by atoms with Crippen LogP contribution in [0.4, 0.5) is 0 Å². The molecule has 0 fully saturated rings. The van der Waals surface area contributed by atoms with Crippen LogP contribution in [0.25, 0.3) is 0 Å². The number of thioether (sulfide) groups is 1. The van der Waals surface area contributed by atoms with Gasteiger partial charge in [-0.2, -0.15) is 0 Å². The number of hydrogen-bond donors (Lipinski definition) is 0. The molecule has 0 aromatic heterocycles. The Morgan fingerprint density at radius 2 is 2.33 bits per heavy atom. The van der Waals surface area contributed by atoms with Gasteiger partial charge in [0.05, 0.1) is 4.91 Å². The molecule has 1 nitrogen and oxygen atoms in total. The van der Waals surface area contributed by atoms with Crippen LogP contribution < -0.4 is 0 Å². The number of hydrogen-bond acceptors (Lipinski definition) is 2. The fourth-order valence-electron chi connectivity index (χ4n) is 0.197. The van der Waals surface area contributed by atoms with E-state index in [0.717, 1.165) is 0 Å². The quantitative estimate of drug-likeness (QED) is 0.469. The number of halogens is 1. The molecule has 0 unspecified atom stereocenters. The summed E-state index contributed by atoms with van der Waals surface area (Å²) in [5.74, 6) is 0. The van der Waals surface area contributed by atoms with Gasteiger partial charge in [-0.15, -0.1) is 0 Å². The van der Waals surface area contributed by atoms with Gasteiger partial charge in [0.1, 0.15) is 0 Å². The van der Waals surface area contributed by atoms with E-state index in [1.165, 1.54) is 11.8 Å². The van der Waals surface area contributed by atoms with Gasteiger partial charge >= 0.3 is 0 Å². The summed E-state index contributed by atoms with van der Waals surface area (Å²) >= 11 is 6.30. The molecule has 0 bridgehead atoms. The van der Waals surface area contributed by atoms with E-state index in [-0.39, 0.29) is 0 Å². The molecule has 50 valence electrons. The first-order chi connectivity index (χ1) is 4.18. The molecule has 0 rings (SSSR count). The minimum Gasteiger partial charge on any atom is -0.275 e. The maximum absolute atomic E-state index is 10.3. The molecule has 0 heterocycles. The van der Waals surface area contributed by atoms with Gasteiger partial charge in [0.2, 0.25) is 0 Å². The standard InChI is InChI=1S/C6H7ClOS/c1-3-4-9-5(2)6(7)8/h3-4H,2H2,1H3/b4-3-. The van der Waals surface area contributed by atoms with E-state index in [1.54, 1.807) is 5.41 Å². The van der Waals surface area contributed by atoms with Crippen molar-refractivity contribution in [1.29, 1.82) is 0 Å². The van der Waals surface area contributed by atoms with Crippen LogP contribution in [0, 0.1) is 0 Å². The van der Waals surface area contributed by atoms with E-state index < -0.39 is 5.24 Å². The number of carbonyl (C=O) groups excluding carboxylic acids is 1. The minimum atomic E-state index is -0.488. The van der Waals surface area contributed by atoms with Crippen LogP contribution in [-0.2, 0) is 4.79 Å². The second-order valence-corrected chi connectivity index (χ2v) is 2.63. The van der Waals surface area contributed by atoms with E-state index in [1.807, 2.05) is 13.0 Å². The van der Waals surface area contributed by atoms with E-state index in [4.69, 9.17) is 11.6 Å². The smallest absolute Gasteiger partial charge is 0.258 e. The van der Waals surface area contributed by atoms with Crippen LogP contribution in [-0.4, -0.2) is 5.24 Å². The van der Waals surface area contributed by atoms with Crippen molar-refractivity contribution in [2.75, 3.05) is 0 Å². The molecule has 0 spiro atoms. The zero-order chi connectivity index (χ0) is 7.28. The minimum absolute atomic E-state index is 0.356. The summed E-state index contributed by atoms with van der Waals surface area (Å²) in [6, 6.07) is 0. The monoisotopic (exact) mass is 162 g/mol. The van der Waals surface area contributed by atoms with Crippen molar-refractivity contribution in [2.45, 2.75) is 6.92 Å². The maximum atomic E-state index is 10.3. The van der Waals surface area contributed by atoms with Crippen molar-refractivity contribution < 1.29 is 4.79 Å². The molecule has 0 aliphatic heterocycles. The Bertz CT molecular complexity index is 151. The van der Waals surface area contributed by atoms with Crippen molar-refractivity contribution in [2.24, 2.45) is 0 Å². The Hall–Kier alpha value is -0.210. The van der Waals surface area contributed by atoms with Gasteiger partial charge in [0.25, 0.3) is 5.24 Å². The third-order valence-corrected chi connectivity index (χ3v) is 1.78.